The van der Waals surface area contributed by atoms with Crippen LogP contribution in [-0.4, -0.2) is 25.8 Å². The molecule has 3 fully saturated rings. The fraction of sp³-hybridized carbons (Fsp3) is 0.500. The molecule has 2 bridgehead atoms. The number of hydrogen-bond donors (Lipinski definition) is 1. The Morgan fingerprint density at radius 2 is 2.32 bits per heavy atom. The molecular weight excluding hydrogens is 242 g/mol. The summed E-state index contributed by atoms with van der Waals surface area (Å²) < 4.78 is 1.99. The zero-order chi connectivity index (χ0) is 13.0. The van der Waals surface area contributed by atoms with Crippen molar-refractivity contribution in [1.29, 1.82) is 0 Å². The lowest BCUT2D eigenvalue weighted by molar-refractivity contribution is -0.142. The highest BCUT2D eigenvalue weighted by atomic mass is 16.4. The van der Waals surface area contributed by atoms with Gasteiger partial charge >= 0.3 is 5.97 Å². The van der Waals surface area contributed by atoms with Crippen LogP contribution >= 0.6 is 0 Å². The maximum Gasteiger partial charge on any atom is 0.306 e. The fourth-order valence-electron chi connectivity index (χ4n) is 3.98. The van der Waals surface area contributed by atoms with E-state index in [9.17, 15) is 9.90 Å². The van der Waals surface area contributed by atoms with Crippen LogP contribution in [0.15, 0.2) is 24.5 Å². The van der Waals surface area contributed by atoms with Crippen molar-refractivity contribution in [2.75, 3.05) is 0 Å². The van der Waals surface area contributed by atoms with Gasteiger partial charge in [-0.1, -0.05) is 0 Å². The van der Waals surface area contributed by atoms with Gasteiger partial charge in [0.1, 0.15) is 5.52 Å². The van der Waals surface area contributed by atoms with Crippen LogP contribution in [0.25, 0.3) is 11.0 Å². The Balaban J connectivity index is 1.62. The van der Waals surface area contributed by atoms with Crippen LogP contribution in [0.1, 0.15) is 19.3 Å². The van der Waals surface area contributed by atoms with E-state index in [4.69, 9.17) is 0 Å². The van der Waals surface area contributed by atoms with Gasteiger partial charge in [-0.25, -0.2) is 0 Å². The van der Waals surface area contributed by atoms with Crippen LogP contribution in [0.4, 0.5) is 0 Å². The minimum absolute atomic E-state index is 0.139. The van der Waals surface area contributed by atoms with Gasteiger partial charge in [0.05, 0.1) is 17.6 Å². The van der Waals surface area contributed by atoms with Crippen LogP contribution in [0, 0.1) is 17.3 Å². The second kappa shape index (κ2) is 3.56. The normalized spacial score (nSPS) is 32.4. The summed E-state index contributed by atoms with van der Waals surface area (Å²) in [4.78, 5) is 15.4. The minimum atomic E-state index is -0.628. The van der Waals surface area contributed by atoms with E-state index < -0.39 is 5.97 Å². The summed E-state index contributed by atoms with van der Waals surface area (Å²) in [7, 11) is 0. The van der Waals surface area contributed by atoms with Crippen molar-refractivity contribution in [3.63, 3.8) is 0 Å². The lowest BCUT2D eigenvalue weighted by atomic mass is 9.69. The molecule has 98 valence electrons. The molecule has 0 spiro atoms. The molecule has 2 heterocycles. The molecule has 1 N–H and O–H groups in total. The second-order valence-electron chi connectivity index (χ2n) is 6.03. The molecular formula is C14H15N3O2. The first-order valence-electron chi connectivity index (χ1n) is 6.66. The molecule has 3 saturated carbocycles. The maximum atomic E-state index is 11.2. The Hall–Kier alpha value is -1.91. The molecule has 2 aromatic rings. The largest absolute Gasteiger partial charge is 0.481 e. The summed E-state index contributed by atoms with van der Waals surface area (Å²) in [6, 6.07) is 3.93. The molecule has 1 atom stereocenters. The number of pyridine rings is 1. The van der Waals surface area contributed by atoms with Gasteiger partial charge in [0.15, 0.2) is 0 Å². The van der Waals surface area contributed by atoms with Gasteiger partial charge < -0.3 is 5.11 Å². The number of rotatable bonds is 3. The fourth-order valence-corrected chi connectivity index (χ4v) is 3.98. The van der Waals surface area contributed by atoms with Gasteiger partial charge in [-0.2, -0.15) is 5.10 Å². The molecule has 3 aliphatic rings. The van der Waals surface area contributed by atoms with Crippen LogP contribution < -0.4 is 0 Å². The molecule has 5 heteroatoms. The number of carboxylic acid groups (broad SMARTS) is 1. The van der Waals surface area contributed by atoms with Crippen molar-refractivity contribution >= 4 is 17.0 Å². The molecule has 5 rings (SSSR count). The van der Waals surface area contributed by atoms with E-state index in [1.54, 1.807) is 12.4 Å². The van der Waals surface area contributed by atoms with Crippen molar-refractivity contribution in [1.82, 2.24) is 14.8 Å². The number of fused-ring (bicyclic) bond motifs is 2. The van der Waals surface area contributed by atoms with Crippen molar-refractivity contribution in [3.05, 3.63) is 24.5 Å². The first-order chi connectivity index (χ1) is 9.17. The van der Waals surface area contributed by atoms with E-state index in [0.717, 1.165) is 36.8 Å². The summed E-state index contributed by atoms with van der Waals surface area (Å²) in [6.45, 7) is 0.822. The zero-order valence-corrected chi connectivity index (χ0v) is 10.5. The number of carbonyl (C=O) groups is 1. The van der Waals surface area contributed by atoms with Gasteiger partial charge in [-0.05, 0) is 42.7 Å². The van der Waals surface area contributed by atoms with Gasteiger partial charge in [0.2, 0.25) is 0 Å². The average Bonchev–Trinajstić information content (AvgIpc) is 3.01. The lowest BCUT2D eigenvalue weighted by Crippen LogP contribution is -2.33. The van der Waals surface area contributed by atoms with Gasteiger partial charge in [-0.15, -0.1) is 0 Å². The highest BCUT2D eigenvalue weighted by Crippen LogP contribution is 2.62. The molecule has 0 saturated heterocycles. The molecule has 2 aromatic heterocycles. The second-order valence-corrected chi connectivity index (χ2v) is 6.03. The van der Waals surface area contributed by atoms with Crippen LogP contribution in [-0.2, 0) is 11.3 Å². The van der Waals surface area contributed by atoms with Crippen LogP contribution in [0.2, 0.25) is 0 Å². The lowest BCUT2D eigenvalue weighted by Gasteiger charge is -2.38. The predicted molar refractivity (Wildman–Crippen MR) is 68.4 cm³/mol. The van der Waals surface area contributed by atoms with Crippen LogP contribution in [0.3, 0.4) is 0 Å². The molecule has 0 aliphatic heterocycles. The number of hydrogen-bond acceptors (Lipinski definition) is 3. The van der Waals surface area contributed by atoms with Gasteiger partial charge in [0, 0.05) is 12.7 Å². The molecule has 0 aromatic carbocycles. The Kier molecular flexibility index (Phi) is 2.05. The topological polar surface area (TPSA) is 68.0 Å². The minimum Gasteiger partial charge on any atom is -0.481 e. The van der Waals surface area contributed by atoms with Gasteiger partial charge in [-0.3, -0.25) is 14.5 Å². The third kappa shape index (κ3) is 1.50. The summed E-state index contributed by atoms with van der Waals surface area (Å²) in [5.41, 5.74) is 2.10. The Morgan fingerprint density at radius 3 is 3.05 bits per heavy atom. The molecule has 19 heavy (non-hydrogen) atoms. The molecule has 0 radical (unpaired) electrons. The van der Waals surface area contributed by atoms with E-state index in [2.05, 4.69) is 10.1 Å². The summed E-state index contributed by atoms with van der Waals surface area (Å²) in [5, 5.41) is 13.6. The van der Waals surface area contributed by atoms with E-state index in [1.807, 2.05) is 16.8 Å². The monoisotopic (exact) mass is 257 g/mol. The third-order valence-corrected chi connectivity index (χ3v) is 4.83. The van der Waals surface area contributed by atoms with Crippen molar-refractivity contribution in [3.8, 4) is 0 Å². The average molecular weight is 257 g/mol. The summed E-state index contributed by atoms with van der Waals surface area (Å²) in [6.07, 6.45) is 6.42. The zero-order valence-electron chi connectivity index (χ0n) is 10.5. The maximum absolute atomic E-state index is 11.2. The standard InChI is InChI=1S/C14H15N3O2/c18-13(19)10-6-14(4-9(10)5-14)8-17-12-2-1-3-15-11(12)7-16-17/h1-3,7,9-10H,4-6,8H2,(H,18,19)/t9?,10-,14?/m0/s1. The number of nitrogens with zero attached hydrogens (tertiary/aromatic N) is 3. The molecule has 0 unspecified atom stereocenters. The highest BCUT2D eigenvalue weighted by Gasteiger charge is 2.58. The van der Waals surface area contributed by atoms with Crippen molar-refractivity contribution in [2.45, 2.75) is 25.8 Å². The Bertz CT molecular complexity index is 658. The van der Waals surface area contributed by atoms with Crippen molar-refractivity contribution in [2.24, 2.45) is 17.3 Å². The summed E-state index contributed by atoms with van der Waals surface area (Å²) in [5.74, 6) is -0.381. The smallest absolute Gasteiger partial charge is 0.306 e. The molecule has 0 amide bonds. The first kappa shape index (κ1) is 11.0. The number of aromatic nitrogens is 3. The molecule has 5 nitrogen and oxygen atoms in total. The number of carboxylic acids is 1. The summed E-state index contributed by atoms with van der Waals surface area (Å²) >= 11 is 0. The predicted octanol–water partition coefficient (Wildman–Crippen LogP) is 1.93. The number of aliphatic carboxylic acids is 1. The van der Waals surface area contributed by atoms with E-state index in [0.29, 0.717) is 5.92 Å². The SMILES string of the molecule is O=C(O)[C@H]1CC2(Cn3ncc4ncccc43)CC1C2. The first-order valence-corrected chi connectivity index (χ1v) is 6.66. The molecule has 3 aliphatic carbocycles. The van der Waals surface area contributed by atoms with Crippen LogP contribution in [0.5, 0.6) is 0 Å². The van der Waals surface area contributed by atoms with Crippen molar-refractivity contribution < 1.29 is 9.90 Å². The van der Waals surface area contributed by atoms with E-state index >= 15 is 0 Å². The quantitative estimate of drug-likeness (QED) is 0.912. The Morgan fingerprint density at radius 1 is 1.47 bits per heavy atom. The van der Waals surface area contributed by atoms with E-state index in [-0.39, 0.29) is 11.3 Å². The van der Waals surface area contributed by atoms with E-state index in [1.165, 1.54) is 0 Å². The third-order valence-electron chi connectivity index (χ3n) is 4.83. The Labute approximate surface area is 110 Å². The van der Waals surface area contributed by atoms with Gasteiger partial charge in [0.25, 0.3) is 0 Å². The highest BCUT2D eigenvalue weighted by molar-refractivity contribution is 5.74.